The molecule has 0 saturated heterocycles. The molecule has 0 spiro atoms. The van der Waals surface area contributed by atoms with Gasteiger partial charge in [0.15, 0.2) is 0 Å². The molecule has 3 rings (SSSR count). The van der Waals surface area contributed by atoms with Gasteiger partial charge in [-0.25, -0.2) is 19.2 Å². The van der Waals surface area contributed by atoms with Gasteiger partial charge in [-0.05, 0) is 87.0 Å². The zero-order valence-electron chi connectivity index (χ0n) is 23.7. The van der Waals surface area contributed by atoms with Crippen molar-refractivity contribution in [1.82, 2.24) is 0 Å². The van der Waals surface area contributed by atoms with E-state index < -0.39 is 35.4 Å². The van der Waals surface area contributed by atoms with E-state index in [1.165, 1.54) is 55.5 Å². The zero-order valence-corrected chi connectivity index (χ0v) is 23.7. The van der Waals surface area contributed by atoms with Gasteiger partial charge in [-0.3, -0.25) is 0 Å². The van der Waals surface area contributed by atoms with E-state index >= 15 is 0 Å². The van der Waals surface area contributed by atoms with Crippen molar-refractivity contribution in [2.45, 2.75) is 46.1 Å². The highest BCUT2D eigenvalue weighted by Crippen LogP contribution is 2.31. The molecule has 0 aliphatic rings. The van der Waals surface area contributed by atoms with E-state index in [4.69, 9.17) is 18.9 Å². The molecule has 0 fully saturated rings. The van der Waals surface area contributed by atoms with Crippen LogP contribution in [-0.2, 0) is 19.7 Å². The zero-order chi connectivity index (χ0) is 30.3. The molecule has 41 heavy (non-hydrogen) atoms. The number of rotatable bonds is 10. The fourth-order valence-electron chi connectivity index (χ4n) is 3.44. The van der Waals surface area contributed by atoms with Crippen molar-refractivity contribution in [3.63, 3.8) is 0 Å². The fourth-order valence-corrected chi connectivity index (χ4v) is 3.44. The normalized spacial score (nSPS) is 11.5. The van der Waals surface area contributed by atoms with Crippen molar-refractivity contribution in [2.24, 2.45) is 0 Å². The molecular formula is C33H32O8. The van der Waals surface area contributed by atoms with Crippen LogP contribution in [0.15, 0.2) is 97.1 Å². The van der Waals surface area contributed by atoms with Crippen LogP contribution in [0.3, 0.4) is 0 Å². The first-order valence-corrected chi connectivity index (χ1v) is 12.8. The first-order chi connectivity index (χ1) is 19.3. The van der Waals surface area contributed by atoms with Gasteiger partial charge in [0.05, 0.1) is 11.1 Å². The van der Waals surface area contributed by atoms with E-state index in [0.717, 1.165) is 5.56 Å². The predicted molar refractivity (Wildman–Crippen MR) is 153 cm³/mol. The van der Waals surface area contributed by atoms with Crippen LogP contribution in [0.1, 0.15) is 60.9 Å². The molecular weight excluding hydrogens is 524 g/mol. The number of benzene rings is 3. The molecule has 3 aromatic carbocycles. The highest BCUT2D eigenvalue weighted by molar-refractivity contribution is 5.95. The van der Waals surface area contributed by atoms with Crippen molar-refractivity contribution < 1.29 is 38.1 Å². The summed E-state index contributed by atoms with van der Waals surface area (Å²) in [5, 5.41) is 0. The molecule has 212 valence electrons. The number of ether oxygens (including phenoxy) is 4. The van der Waals surface area contributed by atoms with E-state index in [1.807, 2.05) is 32.9 Å². The van der Waals surface area contributed by atoms with Crippen LogP contribution in [0.5, 0.6) is 17.2 Å². The number of carbonyl (C=O) groups is 4. The molecule has 0 N–H and O–H groups in total. The van der Waals surface area contributed by atoms with Crippen molar-refractivity contribution >= 4 is 23.9 Å². The Labute approximate surface area is 239 Å². The second kappa shape index (κ2) is 12.9. The Bertz CT molecular complexity index is 1460. The van der Waals surface area contributed by atoms with Gasteiger partial charge in [0, 0.05) is 16.6 Å². The molecule has 8 nitrogen and oxygen atoms in total. The number of hydrogen-bond donors (Lipinski definition) is 0. The van der Waals surface area contributed by atoms with E-state index in [1.54, 1.807) is 19.1 Å². The van der Waals surface area contributed by atoms with Gasteiger partial charge in [-0.1, -0.05) is 39.1 Å². The van der Waals surface area contributed by atoms with Gasteiger partial charge in [0.25, 0.3) is 0 Å². The van der Waals surface area contributed by atoms with Crippen molar-refractivity contribution in [1.29, 1.82) is 0 Å². The molecule has 1 atom stereocenters. The Balaban J connectivity index is 1.58. The summed E-state index contributed by atoms with van der Waals surface area (Å²) in [5.41, 5.74) is 1.46. The average Bonchev–Trinajstić information content (AvgIpc) is 2.94. The third kappa shape index (κ3) is 8.02. The summed E-state index contributed by atoms with van der Waals surface area (Å²) in [5.74, 6) is -1.35. The highest BCUT2D eigenvalue weighted by Gasteiger charge is 2.31. The minimum absolute atomic E-state index is 0.229. The van der Waals surface area contributed by atoms with Crippen LogP contribution in [0.4, 0.5) is 0 Å². The lowest BCUT2D eigenvalue weighted by Crippen LogP contribution is -2.35. The van der Waals surface area contributed by atoms with Gasteiger partial charge >= 0.3 is 23.9 Å². The predicted octanol–water partition coefficient (Wildman–Crippen LogP) is 6.39. The maximum atomic E-state index is 12.7. The summed E-state index contributed by atoms with van der Waals surface area (Å²) in [6.07, 6.45) is -0.420. The Morgan fingerprint density at radius 1 is 0.610 bits per heavy atom. The molecule has 0 aromatic heterocycles. The third-order valence-corrected chi connectivity index (χ3v) is 6.41. The molecule has 0 saturated carbocycles. The van der Waals surface area contributed by atoms with Gasteiger partial charge in [0.1, 0.15) is 23.4 Å². The average molecular weight is 557 g/mol. The summed E-state index contributed by atoms with van der Waals surface area (Å²) >= 11 is 0. The van der Waals surface area contributed by atoms with E-state index in [9.17, 15) is 19.2 Å². The minimum Gasteiger partial charge on any atom is -0.458 e. The fraction of sp³-hybridized carbons (Fsp3) is 0.212. The maximum Gasteiger partial charge on any atom is 0.343 e. The Morgan fingerprint density at radius 3 is 1.37 bits per heavy atom. The van der Waals surface area contributed by atoms with E-state index in [-0.39, 0.29) is 28.2 Å². The first kappa shape index (κ1) is 30.6. The molecule has 0 amide bonds. The van der Waals surface area contributed by atoms with Crippen LogP contribution >= 0.6 is 0 Å². The highest BCUT2D eigenvalue weighted by atomic mass is 16.6. The Hall–Kier alpha value is -4.98. The minimum atomic E-state index is -0.627. The quantitative estimate of drug-likeness (QED) is 0.161. The number of carbonyl (C=O) groups excluding carboxylic acids is 4. The standard InChI is InChI=1S/C33H32O8/c1-20(2)29(34)38-22(5)33(6,7)25-12-14-26(15-13-25)40-31(36)23-8-10-24(11-9-23)32(37)41-28-18-16-27(17-19-28)39-30(35)21(3)4/h8-19,22H,1,3H2,2,4-7H3. The molecule has 0 bridgehead atoms. The molecule has 0 heterocycles. The largest absolute Gasteiger partial charge is 0.458 e. The van der Waals surface area contributed by atoms with Crippen LogP contribution in [-0.4, -0.2) is 30.0 Å². The van der Waals surface area contributed by atoms with Gasteiger partial charge < -0.3 is 18.9 Å². The third-order valence-electron chi connectivity index (χ3n) is 6.41. The van der Waals surface area contributed by atoms with E-state index in [0.29, 0.717) is 11.3 Å². The summed E-state index contributed by atoms with van der Waals surface area (Å²) in [6.45, 7) is 16.0. The Morgan fingerprint density at radius 2 is 0.976 bits per heavy atom. The molecule has 8 heteroatoms. The summed E-state index contributed by atoms with van der Waals surface area (Å²) < 4.78 is 21.4. The van der Waals surface area contributed by atoms with Crippen LogP contribution in [0.25, 0.3) is 0 Å². The lowest BCUT2D eigenvalue weighted by atomic mass is 9.80. The molecule has 1 unspecified atom stereocenters. The first-order valence-electron chi connectivity index (χ1n) is 12.8. The summed E-state index contributed by atoms with van der Waals surface area (Å²) in [6, 6.07) is 18.8. The van der Waals surface area contributed by atoms with Gasteiger partial charge in [-0.15, -0.1) is 0 Å². The Kier molecular flexibility index (Phi) is 9.63. The van der Waals surface area contributed by atoms with Gasteiger partial charge in [0.2, 0.25) is 0 Å². The lowest BCUT2D eigenvalue weighted by Gasteiger charge is -2.32. The van der Waals surface area contributed by atoms with E-state index in [2.05, 4.69) is 13.2 Å². The van der Waals surface area contributed by atoms with Gasteiger partial charge in [-0.2, -0.15) is 0 Å². The van der Waals surface area contributed by atoms with Crippen molar-refractivity contribution in [3.05, 3.63) is 114 Å². The molecule has 0 aliphatic carbocycles. The second-order valence-electron chi connectivity index (χ2n) is 10.1. The van der Waals surface area contributed by atoms with Crippen molar-refractivity contribution in [3.8, 4) is 17.2 Å². The van der Waals surface area contributed by atoms with Crippen LogP contribution in [0, 0.1) is 0 Å². The number of esters is 4. The maximum absolute atomic E-state index is 12.7. The SMILES string of the molecule is C=C(C)C(=O)Oc1ccc(OC(=O)c2ccc(C(=O)Oc3ccc(C(C)(C)C(C)OC(=O)C(=C)C)cc3)cc2)cc1. The molecule has 0 radical (unpaired) electrons. The molecule has 3 aromatic rings. The lowest BCUT2D eigenvalue weighted by molar-refractivity contribution is -0.146. The molecule has 0 aliphatic heterocycles. The summed E-state index contributed by atoms with van der Waals surface area (Å²) in [7, 11) is 0. The topological polar surface area (TPSA) is 105 Å². The summed E-state index contributed by atoms with van der Waals surface area (Å²) in [4.78, 5) is 48.7. The smallest absolute Gasteiger partial charge is 0.343 e. The van der Waals surface area contributed by atoms with Crippen LogP contribution < -0.4 is 14.2 Å². The van der Waals surface area contributed by atoms with Crippen molar-refractivity contribution in [2.75, 3.05) is 0 Å². The monoisotopic (exact) mass is 556 g/mol. The second-order valence-corrected chi connectivity index (χ2v) is 10.1. The van der Waals surface area contributed by atoms with Crippen LogP contribution in [0.2, 0.25) is 0 Å². The number of hydrogen-bond acceptors (Lipinski definition) is 8.